The van der Waals surface area contributed by atoms with Crippen molar-refractivity contribution < 1.29 is 14.6 Å². The number of fused-ring (bicyclic) bond motifs is 1. The van der Waals surface area contributed by atoms with Crippen LogP contribution in [0.2, 0.25) is 0 Å². The van der Waals surface area contributed by atoms with Crippen LogP contribution in [0, 0.1) is 0 Å². The predicted octanol–water partition coefficient (Wildman–Crippen LogP) is 2.82. The molecule has 1 amide bonds. The fourth-order valence-corrected chi connectivity index (χ4v) is 2.75. The van der Waals surface area contributed by atoms with Crippen molar-refractivity contribution in [2.75, 3.05) is 20.2 Å². The molecule has 1 heterocycles. The Bertz CT molecular complexity index is 829. The lowest BCUT2D eigenvalue weighted by atomic mass is 10.1. The molecular weight excluding hydrogens is 316 g/mol. The molecule has 3 aromatic rings. The predicted molar refractivity (Wildman–Crippen MR) is 97.4 cm³/mol. The van der Waals surface area contributed by atoms with Gasteiger partial charge in [0.05, 0.1) is 19.3 Å². The number of hydrogen-bond acceptors (Lipinski definition) is 3. The number of aromatic nitrogens is 1. The first kappa shape index (κ1) is 17.2. The molecule has 130 valence electrons. The van der Waals surface area contributed by atoms with E-state index in [9.17, 15) is 9.90 Å². The van der Waals surface area contributed by atoms with Crippen molar-refractivity contribution in [3.05, 3.63) is 71.9 Å². The summed E-state index contributed by atoms with van der Waals surface area (Å²) < 4.78 is 5.52. The third kappa shape index (κ3) is 4.47. The van der Waals surface area contributed by atoms with Gasteiger partial charge in [-0.2, -0.15) is 0 Å². The summed E-state index contributed by atoms with van der Waals surface area (Å²) in [6, 6.07) is 17.2. The Balaban J connectivity index is 1.50. The van der Waals surface area contributed by atoms with Crippen LogP contribution in [-0.2, 0) is 11.3 Å². The van der Waals surface area contributed by atoms with Crippen LogP contribution in [-0.4, -0.2) is 47.2 Å². The van der Waals surface area contributed by atoms with Gasteiger partial charge in [0.25, 0.3) is 5.91 Å². The van der Waals surface area contributed by atoms with Crippen molar-refractivity contribution >= 4 is 16.8 Å². The van der Waals surface area contributed by atoms with E-state index >= 15 is 0 Å². The average Bonchev–Trinajstić information content (AvgIpc) is 3.09. The molecule has 1 atom stereocenters. The summed E-state index contributed by atoms with van der Waals surface area (Å²) in [5.74, 6) is -0.120. The number of hydrogen-bond donors (Lipinski definition) is 2. The number of carbonyl (C=O) groups is 1. The summed E-state index contributed by atoms with van der Waals surface area (Å²) in [7, 11) is 1.68. The first-order valence-corrected chi connectivity index (χ1v) is 8.26. The third-order valence-electron chi connectivity index (χ3n) is 4.05. The van der Waals surface area contributed by atoms with Gasteiger partial charge in [0.2, 0.25) is 0 Å². The molecule has 0 radical (unpaired) electrons. The highest BCUT2D eigenvalue weighted by Gasteiger charge is 2.16. The molecule has 0 saturated carbocycles. The molecule has 0 bridgehead atoms. The zero-order chi connectivity index (χ0) is 17.6. The van der Waals surface area contributed by atoms with E-state index in [4.69, 9.17) is 4.74 Å². The molecule has 2 N–H and O–H groups in total. The van der Waals surface area contributed by atoms with Crippen LogP contribution in [0.1, 0.15) is 15.9 Å². The van der Waals surface area contributed by atoms with E-state index in [0.29, 0.717) is 12.2 Å². The van der Waals surface area contributed by atoms with E-state index in [1.807, 2.05) is 54.7 Å². The van der Waals surface area contributed by atoms with Crippen LogP contribution in [0.15, 0.2) is 60.8 Å². The number of ether oxygens (including phenoxy) is 1. The van der Waals surface area contributed by atoms with Gasteiger partial charge in [-0.25, -0.2) is 0 Å². The van der Waals surface area contributed by atoms with Gasteiger partial charge in [-0.1, -0.05) is 30.3 Å². The molecule has 0 aliphatic rings. The minimum absolute atomic E-state index is 0.120. The van der Waals surface area contributed by atoms with Crippen molar-refractivity contribution in [2.24, 2.45) is 0 Å². The Kier molecular flexibility index (Phi) is 5.48. The van der Waals surface area contributed by atoms with Crippen LogP contribution in [0.5, 0.6) is 0 Å². The zero-order valence-corrected chi connectivity index (χ0v) is 14.2. The molecule has 0 fully saturated rings. The number of benzene rings is 2. The van der Waals surface area contributed by atoms with Crippen molar-refractivity contribution in [1.29, 1.82) is 0 Å². The largest absolute Gasteiger partial charge is 0.389 e. The second-order valence-corrected chi connectivity index (χ2v) is 6.12. The van der Waals surface area contributed by atoms with E-state index < -0.39 is 6.10 Å². The Morgan fingerprint density at radius 3 is 2.80 bits per heavy atom. The number of H-pyrrole nitrogens is 1. The second-order valence-electron chi connectivity index (χ2n) is 6.12. The highest BCUT2D eigenvalue weighted by molar-refractivity contribution is 5.97. The highest BCUT2D eigenvalue weighted by Crippen LogP contribution is 2.15. The maximum atomic E-state index is 12.5. The molecule has 3 rings (SSSR count). The first-order chi connectivity index (χ1) is 12.1. The van der Waals surface area contributed by atoms with Gasteiger partial charge in [-0.3, -0.25) is 4.79 Å². The SMILES string of the molecule is CN(CC(O)COCc1ccccc1)C(=O)c1ccc2[nH]ccc2c1. The van der Waals surface area contributed by atoms with Crippen LogP contribution in [0.25, 0.3) is 10.9 Å². The number of nitrogens with one attached hydrogen (secondary N) is 1. The van der Waals surface area contributed by atoms with Gasteiger partial charge in [0, 0.05) is 36.3 Å². The van der Waals surface area contributed by atoms with Crippen molar-refractivity contribution in [3.8, 4) is 0 Å². The number of aliphatic hydroxyl groups excluding tert-OH is 1. The lowest BCUT2D eigenvalue weighted by Crippen LogP contribution is -2.36. The van der Waals surface area contributed by atoms with E-state index in [0.717, 1.165) is 16.5 Å². The molecule has 25 heavy (non-hydrogen) atoms. The van der Waals surface area contributed by atoms with E-state index in [-0.39, 0.29) is 19.1 Å². The van der Waals surface area contributed by atoms with Crippen molar-refractivity contribution in [2.45, 2.75) is 12.7 Å². The monoisotopic (exact) mass is 338 g/mol. The van der Waals surface area contributed by atoms with E-state index in [1.54, 1.807) is 13.1 Å². The molecule has 5 nitrogen and oxygen atoms in total. The topological polar surface area (TPSA) is 65.6 Å². The summed E-state index contributed by atoms with van der Waals surface area (Å²) in [6.45, 7) is 0.849. The second kappa shape index (κ2) is 7.96. The number of aliphatic hydroxyl groups is 1. The van der Waals surface area contributed by atoms with Crippen molar-refractivity contribution in [3.63, 3.8) is 0 Å². The fraction of sp³-hybridized carbons (Fsp3) is 0.250. The summed E-state index contributed by atoms with van der Waals surface area (Å²) in [5.41, 5.74) is 2.65. The molecule has 1 unspecified atom stereocenters. The summed E-state index contributed by atoms with van der Waals surface area (Å²) in [5, 5.41) is 11.1. The summed E-state index contributed by atoms with van der Waals surface area (Å²) in [4.78, 5) is 17.1. The Morgan fingerprint density at radius 1 is 1.20 bits per heavy atom. The minimum Gasteiger partial charge on any atom is -0.389 e. The smallest absolute Gasteiger partial charge is 0.253 e. The van der Waals surface area contributed by atoms with Gasteiger partial charge >= 0.3 is 0 Å². The van der Waals surface area contributed by atoms with Gasteiger partial charge in [-0.15, -0.1) is 0 Å². The highest BCUT2D eigenvalue weighted by atomic mass is 16.5. The molecule has 0 saturated heterocycles. The molecule has 0 aliphatic carbocycles. The Morgan fingerprint density at radius 2 is 2.00 bits per heavy atom. The van der Waals surface area contributed by atoms with Crippen LogP contribution in [0.4, 0.5) is 0 Å². The zero-order valence-electron chi connectivity index (χ0n) is 14.2. The molecule has 0 spiro atoms. The summed E-state index contributed by atoms with van der Waals surface area (Å²) in [6.07, 6.45) is 1.12. The average molecular weight is 338 g/mol. The number of nitrogens with zero attached hydrogens (tertiary/aromatic N) is 1. The van der Waals surface area contributed by atoms with Gasteiger partial charge in [-0.05, 0) is 29.8 Å². The lowest BCUT2D eigenvalue weighted by molar-refractivity contribution is 0.0137. The normalized spacial score (nSPS) is 12.2. The number of rotatable bonds is 7. The molecule has 5 heteroatoms. The fourth-order valence-electron chi connectivity index (χ4n) is 2.75. The van der Waals surface area contributed by atoms with Crippen molar-refractivity contribution in [1.82, 2.24) is 9.88 Å². The molecule has 2 aromatic carbocycles. The number of amides is 1. The first-order valence-electron chi connectivity index (χ1n) is 8.26. The van der Waals surface area contributed by atoms with E-state index in [1.165, 1.54) is 4.90 Å². The van der Waals surface area contributed by atoms with Crippen LogP contribution >= 0.6 is 0 Å². The molecule has 1 aromatic heterocycles. The lowest BCUT2D eigenvalue weighted by Gasteiger charge is -2.21. The van der Waals surface area contributed by atoms with Gasteiger partial charge in [0.1, 0.15) is 0 Å². The number of carbonyl (C=O) groups excluding carboxylic acids is 1. The third-order valence-corrected chi connectivity index (χ3v) is 4.05. The van der Waals surface area contributed by atoms with Crippen LogP contribution < -0.4 is 0 Å². The Labute approximate surface area is 146 Å². The van der Waals surface area contributed by atoms with Gasteiger partial charge in [0.15, 0.2) is 0 Å². The number of likely N-dealkylation sites (N-methyl/N-ethyl adjacent to an activating group) is 1. The number of aromatic amines is 1. The Hall–Kier alpha value is -2.63. The van der Waals surface area contributed by atoms with Crippen LogP contribution in [0.3, 0.4) is 0 Å². The summed E-state index contributed by atoms with van der Waals surface area (Å²) >= 11 is 0. The van der Waals surface area contributed by atoms with E-state index in [2.05, 4.69) is 4.98 Å². The minimum atomic E-state index is -0.728. The molecular formula is C20H22N2O3. The standard InChI is InChI=1S/C20H22N2O3/c1-22(12-18(23)14-25-13-15-5-3-2-4-6-15)20(24)17-7-8-19-16(11-17)9-10-21-19/h2-11,18,21,23H,12-14H2,1H3. The maximum absolute atomic E-state index is 12.5. The molecule has 0 aliphatic heterocycles. The maximum Gasteiger partial charge on any atom is 0.253 e. The van der Waals surface area contributed by atoms with Gasteiger partial charge < -0.3 is 19.7 Å². The quantitative estimate of drug-likeness (QED) is 0.696.